The van der Waals surface area contributed by atoms with Crippen LogP contribution in [0.15, 0.2) is 18.2 Å². The standard InChI is InChI=1S/C14H22N2O2.ClH/c1-11-4-5-13(10-12(11)2)18-9-6-14(17)16-8-3-7-15;/h4-5,10H,3,6-9,15H2,1-2H3,(H,16,17);1H. The quantitative estimate of drug-likeness (QED) is 0.753. The van der Waals surface area contributed by atoms with Crippen molar-refractivity contribution < 1.29 is 9.53 Å². The zero-order valence-corrected chi connectivity index (χ0v) is 12.4. The van der Waals surface area contributed by atoms with Gasteiger partial charge in [-0.05, 0) is 50.1 Å². The Balaban J connectivity index is 0.00000324. The number of carbonyl (C=O) groups excluding carboxylic acids is 1. The minimum atomic E-state index is 0. The molecule has 4 nitrogen and oxygen atoms in total. The predicted octanol–water partition coefficient (Wildman–Crippen LogP) is 1.96. The molecule has 0 unspecified atom stereocenters. The number of hydrogen-bond acceptors (Lipinski definition) is 3. The molecule has 0 spiro atoms. The lowest BCUT2D eigenvalue weighted by Crippen LogP contribution is -2.27. The first-order chi connectivity index (χ1) is 8.63. The molecule has 1 aromatic rings. The summed E-state index contributed by atoms with van der Waals surface area (Å²) < 4.78 is 5.53. The lowest BCUT2D eigenvalue weighted by molar-refractivity contribution is -0.121. The SMILES string of the molecule is Cc1ccc(OCCC(=O)NCCCN)cc1C.Cl. The Morgan fingerprint density at radius 1 is 1.32 bits per heavy atom. The van der Waals surface area contributed by atoms with E-state index in [1.54, 1.807) is 0 Å². The molecule has 1 aromatic carbocycles. The van der Waals surface area contributed by atoms with Crippen LogP contribution in [-0.4, -0.2) is 25.6 Å². The van der Waals surface area contributed by atoms with Crippen molar-refractivity contribution in [2.75, 3.05) is 19.7 Å². The Morgan fingerprint density at radius 3 is 2.68 bits per heavy atom. The van der Waals surface area contributed by atoms with Gasteiger partial charge in [-0.3, -0.25) is 4.79 Å². The molecule has 0 radical (unpaired) electrons. The number of nitrogens with two attached hydrogens (primary N) is 1. The van der Waals surface area contributed by atoms with E-state index in [0.717, 1.165) is 12.2 Å². The normalized spacial score (nSPS) is 9.63. The second kappa shape index (κ2) is 9.64. The van der Waals surface area contributed by atoms with Gasteiger partial charge >= 0.3 is 0 Å². The van der Waals surface area contributed by atoms with Gasteiger partial charge in [0.2, 0.25) is 5.91 Å². The Kier molecular flexibility index (Phi) is 9.00. The summed E-state index contributed by atoms with van der Waals surface area (Å²) >= 11 is 0. The Bertz CT molecular complexity index is 397. The molecule has 1 rings (SSSR count). The summed E-state index contributed by atoms with van der Waals surface area (Å²) in [5.41, 5.74) is 7.77. The summed E-state index contributed by atoms with van der Waals surface area (Å²) in [5, 5.41) is 2.79. The number of ether oxygens (including phenoxy) is 1. The number of hydrogen-bond donors (Lipinski definition) is 2. The van der Waals surface area contributed by atoms with Crippen LogP contribution >= 0.6 is 12.4 Å². The summed E-state index contributed by atoms with van der Waals surface area (Å²) in [4.78, 5) is 11.4. The second-order valence-electron chi connectivity index (χ2n) is 4.34. The fourth-order valence-corrected chi connectivity index (χ4v) is 1.48. The molecule has 0 atom stereocenters. The van der Waals surface area contributed by atoms with Gasteiger partial charge in [-0.15, -0.1) is 12.4 Å². The average molecular weight is 287 g/mol. The molecule has 0 saturated heterocycles. The number of benzene rings is 1. The van der Waals surface area contributed by atoms with Crippen LogP contribution in [0.3, 0.4) is 0 Å². The van der Waals surface area contributed by atoms with Crippen molar-refractivity contribution in [2.24, 2.45) is 5.73 Å². The van der Waals surface area contributed by atoms with Crippen molar-refractivity contribution in [1.82, 2.24) is 5.32 Å². The summed E-state index contributed by atoms with van der Waals surface area (Å²) in [6.07, 6.45) is 1.18. The van der Waals surface area contributed by atoms with E-state index in [-0.39, 0.29) is 18.3 Å². The van der Waals surface area contributed by atoms with Crippen LogP contribution in [0.4, 0.5) is 0 Å². The van der Waals surface area contributed by atoms with E-state index in [1.807, 2.05) is 25.1 Å². The van der Waals surface area contributed by atoms with E-state index in [1.165, 1.54) is 11.1 Å². The summed E-state index contributed by atoms with van der Waals surface area (Å²) in [6.45, 7) is 5.74. The van der Waals surface area contributed by atoms with Gasteiger partial charge in [0.05, 0.1) is 13.0 Å². The third kappa shape index (κ3) is 7.03. The maximum Gasteiger partial charge on any atom is 0.223 e. The van der Waals surface area contributed by atoms with Crippen molar-refractivity contribution in [2.45, 2.75) is 26.7 Å². The van der Waals surface area contributed by atoms with Crippen molar-refractivity contribution in [3.05, 3.63) is 29.3 Å². The van der Waals surface area contributed by atoms with Gasteiger partial charge in [0, 0.05) is 6.54 Å². The first kappa shape index (κ1) is 17.7. The van der Waals surface area contributed by atoms with E-state index in [9.17, 15) is 4.79 Å². The topological polar surface area (TPSA) is 64.3 Å². The van der Waals surface area contributed by atoms with Gasteiger partial charge in [-0.2, -0.15) is 0 Å². The van der Waals surface area contributed by atoms with Gasteiger partial charge < -0.3 is 15.8 Å². The number of rotatable bonds is 7. The summed E-state index contributed by atoms with van der Waals surface area (Å²) in [5.74, 6) is 0.820. The van der Waals surface area contributed by atoms with Crippen LogP contribution < -0.4 is 15.8 Å². The minimum Gasteiger partial charge on any atom is -0.493 e. The average Bonchev–Trinajstić information content (AvgIpc) is 2.34. The van der Waals surface area contributed by atoms with Crippen LogP contribution in [0, 0.1) is 13.8 Å². The highest BCUT2D eigenvalue weighted by molar-refractivity contribution is 5.85. The molecule has 0 aliphatic rings. The summed E-state index contributed by atoms with van der Waals surface area (Å²) in [6, 6.07) is 5.93. The first-order valence-electron chi connectivity index (χ1n) is 6.30. The monoisotopic (exact) mass is 286 g/mol. The van der Waals surface area contributed by atoms with E-state index >= 15 is 0 Å². The molecule has 5 heteroatoms. The fourth-order valence-electron chi connectivity index (χ4n) is 1.48. The Morgan fingerprint density at radius 2 is 2.05 bits per heavy atom. The minimum absolute atomic E-state index is 0. The van der Waals surface area contributed by atoms with Crippen LogP contribution in [-0.2, 0) is 4.79 Å². The molecule has 0 aliphatic heterocycles. The van der Waals surface area contributed by atoms with Gasteiger partial charge in [0.15, 0.2) is 0 Å². The number of aryl methyl sites for hydroxylation is 2. The van der Waals surface area contributed by atoms with E-state index < -0.39 is 0 Å². The largest absolute Gasteiger partial charge is 0.493 e. The van der Waals surface area contributed by atoms with Crippen LogP contribution in [0.5, 0.6) is 5.75 Å². The van der Waals surface area contributed by atoms with Crippen molar-refractivity contribution >= 4 is 18.3 Å². The predicted molar refractivity (Wildman–Crippen MR) is 80.0 cm³/mol. The smallest absolute Gasteiger partial charge is 0.223 e. The maximum absolute atomic E-state index is 11.4. The van der Waals surface area contributed by atoms with E-state index in [2.05, 4.69) is 12.2 Å². The highest BCUT2D eigenvalue weighted by Gasteiger charge is 2.02. The molecule has 19 heavy (non-hydrogen) atoms. The molecular weight excluding hydrogens is 264 g/mol. The molecule has 0 fully saturated rings. The van der Waals surface area contributed by atoms with Gasteiger partial charge in [0.1, 0.15) is 5.75 Å². The Hall–Kier alpha value is -1.26. The lowest BCUT2D eigenvalue weighted by Gasteiger charge is -2.08. The zero-order valence-electron chi connectivity index (χ0n) is 11.6. The molecule has 0 aromatic heterocycles. The third-order valence-electron chi connectivity index (χ3n) is 2.78. The first-order valence-corrected chi connectivity index (χ1v) is 6.30. The maximum atomic E-state index is 11.4. The van der Waals surface area contributed by atoms with Crippen molar-refractivity contribution in [1.29, 1.82) is 0 Å². The van der Waals surface area contributed by atoms with Crippen LogP contribution in [0.25, 0.3) is 0 Å². The van der Waals surface area contributed by atoms with Crippen molar-refractivity contribution in [3.8, 4) is 5.75 Å². The van der Waals surface area contributed by atoms with Crippen LogP contribution in [0.1, 0.15) is 24.0 Å². The Labute approximate surface area is 121 Å². The second-order valence-corrected chi connectivity index (χ2v) is 4.34. The highest BCUT2D eigenvalue weighted by atomic mass is 35.5. The molecule has 0 heterocycles. The van der Waals surface area contributed by atoms with Crippen LogP contribution in [0.2, 0.25) is 0 Å². The summed E-state index contributed by atoms with van der Waals surface area (Å²) in [7, 11) is 0. The number of halogens is 1. The lowest BCUT2D eigenvalue weighted by atomic mass is 10.1. The molecule has 0 saturated carbocycles. The number of amides is 1. The molecule has 0 bridgehead atoms. The molecule has 3 N–H and O–H groups in total. The number of nitrogens with one attached hydrogen (secondary N) is 1. The molecule has 1 amide bonds. The molecule has 108 valence electrons. The van der Waals surface area contributed by atoms with Gasteiger partial charge in [-0.25, -0.2) is 0 Å². The van der Waals surface area contributed by atoms with E-state index in [4.69, 9.17) is 10.5 Å². The third-order valence-corrected chi connectivity index (χ3v) is 2.78. The molecular formula is C14H23ClN2O2. The number of carbonyl (C=O) groups is 1. The zero-order chi connectivity index (χ0) is 13.4. The highest BCUT2D eigenvalue weighted by Crippen LogP contribution is 2.16. The van der Waals surface area contributed by atoms with Crippen molar-refractivity contribution in [3.63, 3.8) is 0 Å². The van der Waals surface area contributed by atoms with Gasteiger partial charge in [0.25, 0.3) is 0 Å². The fraction of sp³-hybridized carbons (Fsp3) is 0.500. The van der Waals surface area contributed by atoms with E-state index in [0.29, 0.717) is 26.1 Å². The molecule has 0 aliphatic carbocycles. The van der Waals surface area contributed by atoms with Gasteiger partial charge in [-0.1, -0.05) is 6.07 Å².